The number of amides is 1. The molecule has 6 heteroatoms. The fraction of sp³-hybridized carbons (Fsp3) is 0.444. The van der Waals surface area contributed by atoms with E-state index in [2.05, 4.69) is 17.2 Å². The fourth-order valence-corrected chi connectivity index (χ4v) is 2.97. The molecule has 1 heterocycles. The second-order valence-corrected chi connectivity index (χ2v) is 6.43. The first kappa shape index (κ1) is 18.4. The molecular formula is C18H24N2O3S. The Morgan fingerprint density at radius 3 is 2.75 bits per heavy atom. The number of ether oxygens (including phenoxy) is 1. The third-order valence-corrected chi connectivity index (χ3v) is 4.50. The lowest BCUT2D eigenvalue weighted by atomic mass is 10.2. The van der Waals surface area contributed by atoms with E-state index in [1.165, 1.54) is 0 Å². The molecule has 0 aliphatic heterocycles. The SMILES string of the molecule is CCCCNC(=O)CSCc1nc(-c2ccc(OC)cc2)oc1C. The van der Waals surface area contributed by atoms with Crippen LogP contribution in [0.3, 0.4) is 0 Å². The average Bonchev–Trinajstić information content (AvgIpc) is 2.96. The van der Waals surface area contributed by atoms with Crippen LogP contribution in [-0.4, -0.2) is 30.3 Å². The van der Waals surface area contributed by atoms with E-state index in [9.17, 15) is 4.79 Å². The Bertz CT molecular complexity index is 653. The molecule has 0 unspecified atom stereocenters. The summed E-state index contributed by atoms with van der Waals surface area (Å²) in [5.41, 5.74) is 1.79. The van der Waals surface area contributed by atoms with Crippen LogP contribution in [-0.2, 0) is 10.5 Å². The number of carbonyl (C=O) groups is 1. The summed E-state index contributed by atoms with van der Waals surface area (Å²) in [6.07, 6.45) is 2.10. The van der Waals surface area contributed by atoms with Gasteiger partial charge in [0.15, 0.2) is 0 Å². The predicted octanol–water partition coefficient (Wildman–Crippen LogP) is 3.81. The van der Waals surface area contributed by atoms with Gasteiger partial charge < -0.3 is 14.5 Å². The lowest BCUT2D eigenvalue weighted by Gasteiger charge is -2.03. The van der Waals surface area contributed by atoms with Gasteiger partial charge in [0.1, 0.15) is 11.5 Å². The lowest BCUT2D eigenvalue weighted by Crippen LogP contribution is -2.26. The number of hydrogen-bond donors (Lipinski definition) is 1. The van der Waals surface area contributed by atoms with Crippen molar-refractivity contribution < 1.29 is 13.9 Å². The summed E-state index contributed by atoms with van der Waals surface area (Å²) < 4.78 is 10.9. The van der Waals surface area contributed by atoms with E-state index in [-0.39, 0.29) is 5.91 Å². The van der Waals surface area contributed by atoms with Gasteiger partial charge in [0.25, 0.3) is 0 Å². The van der Waals surface area contributed by atoms with Gasteiger partial charge in [0.2, 0.25) is 11.8 Å². The summed E-state index contributed by atoms with van der Waals surface area (Å²) in [6.45, 7) is 4.76. The van der Waals surface area contributed by atoms with E-state index < -0.39 is 0 Å². The van der Waals surface area contributed by atoms with Crippen molar-refractivity contribution in [2.75, 3.05) is 19.4 Å². The number of nitrogens with one attached hydrogen (secondary N) is 1. The molecule has 0 atom stereocenters. The maximum Gasteiger partial charge on any atom is 0.230 e. The van der Waals surface area contributed by atoms with Crippen LogP contribution in [0.25, 0.3) is 11.5 Å². The first-order chi connectivity index (χ1) is 11.6. The molecule has 24 heavy (non-hydrogen) atoms. The summed E-state index contributed by atoms with van der Waals surface area (Å²) in [5.74, 6) is 3.36. The summed E-state index contributed by atoms with van der Waals surface area (Å²) in [6, 6.07) is 7.60. The minimum atomic E-state index is 0.0741. The molecule has 1 N–H and O–H groups in total. The molecular weight excluding hydrogens is 324 g/mol. The molecule has 5 nitrogen and oxygen atoms in total. The van der Waals surface area contributed by atoms with E-state index in [0.717, 1.165) is 42.2 Å². The maximum absolute atomic E-state index is 11.7. The Morgan fingerprint density at radius 1 is 1.33 bits per heavy atom. The normalized spacial score (nSPS) is 10.6. The zero-order chi connectivity index (χ0) is 17.4. The molecule has 0 radical (unpaired) electrons. The van der Waals surface area contributed by atoms with Crippen LogP contribution in [0.2, 0.25) is 0 Å². The van der Waals surface area contributed by atoms with Gasteiger partial charge in [-0.25, -0.2) is 4.98 Å². The van der Waals surface area contributed by atoms with Gasteiger partial charge in [0.05, 0.1) is 18.6 Å². The highest BCUT2D eigenvalue weighted by molar-refractivity contribution is 7.99. The lowest BCUT2D eigenvalue weighted by molar-refractivity contribution is -0.118. The Labute approximate surface area is 147 Å². The number of unbranched alkanes of at least 4 members (excludes halogenated alkanes) is 1. The fourth-order valence-electron chi connectivity index (χ4n) is 2.12. The Morgan fingerprint density at radius 2 is 2.08 bits per heavy atom. The number of thioether (sulfide) groups is 1. The smallest absolute Gasteiger partial charge is 0.230 e. The molecule has 130 valence electrons. The van der Waals surface area contributed by atoms with Gasteiger partial charge in [-0.15, -0.1) is 11.8 Å². The number of nitrogens with zero attached hydrogens (tertiary/aromatic N) is 1. The summed E-state index contributed by atoms with van der Waals surface area (Å²) >= 11 is 1.55. The summed E-state index contributed by atoms with van der Waals surface area (Å²) in [4.78, 5) is 16.2. The highest BCUT2D eigenvalue weighted by atomic mass is 32.2. The standard InChI is InChI=1S/C18H24N2O3S/c1-4-5-10-19-17(21)12-24-11-16-13(2)23-18(20-16)14-6-8-15(22-3)9-7-14/h6-9H,4-5,10-12H2,1-3H3,(H,19,21). The molecule has 0 spiro atoms. The molecule has 0 saturated heterocycles. The number of benzene rings is 1. The van der Waals surface area contributed by atoms with Crippen LogP contribution in [0.15, 0.2) is 28.7 Å². The van der Waals surface area contributed by atoms with Crippen molar-refractivity contribution in [3.63, 3.8) is 0 Å². The van der Waals surface area contributed by atoms with E-state index in [0.29, 0.717) is 17.4 Å². The van der Waals surface area contributed by atoms with Crippen molar-refractivity contribution in [1.82, 2.24) is 10.3 Å². The van der Waals surface area contributed by atoms with Crippen LogP contribution in [0.5, 0.6) is 5.75 Å². The van der Waals surface area contributed by atoms with Crippen LogP contribution in [0, 0.1) is 6.92 Å². The minimum Gasteiger partial charge on any atom is -0.497 e. The minimum absolute atomic E-state index is 0.0741. The zero-order valence-electron chi connectivity index (χ0n) is 14.4. The number of carbonyl (C=O) groups excluding carboxylic acids is 1. The molecule has 0 saturated carbocycles. The van der Waals surface area contributed by atoms with Gasteiger partial charge in [-0.3, -0.25) is 4.79 Å². The number of hydrogen-bond acceptors (Lipinski definition) is 5. The van der Waals surface area contributed by atoms with Crippen LogP contribution in [0.1, 0.15) is 31.2 Å². The largest absolute Gasteiger partial charge is 0.497 e. The maximum atomic E-state index is 11.7. The van der Waals surface area contributed by atoms with Crippen LogP contribution in [0.4, 0.5) is 0 Å². The molecule has 0 aliphatic rings. The Balaban J connectivity index is 1.88. The van der Waals surface area contributed by atoms with Gasteiger partial charge in [-0.1, -0.05) is 13.3 Å². The van der Waals surface area contributed by atoms with E-state index >= 15 is 0 Å². The Hall–Kier alpha value is -1.95. The molecule has 2 rings (SSSR count). The van der Waals surface area contributed by atoms with E-state index in [1.807, 2.05) is 31.2 Å². The Kier molecular flexibility index (Phi) is 7.18. The third-order valence-electron chi connectivity index (χ3n) is 3.55. The third kappa shape index (κ3) is 5.30. The van der Waals surface area contributed by atoms with Gasteiger partial charge in [-0.2, -0.15) is 0 Å². The second-order valence-electron chi connectivity index (χ2n) is 5.45. The number of oxazole rings is 1. The van der Waals surface area contributed by atoms with E-state index in [1.54, 1.807) is 18.9 Å². The molecule has 0 fully saturated rings. The summed E-state index contributed by atoms with van der Waals surface area (Å²) in [7, 11) is 1.64. The van der Waals surface area contributed by atoms with Crippen molar-refractivity contribution in [2.24, 2.45) is 0 Å². The predicted molar refractivity (Wildman–Crippen MR) is 97.3 cm³/mol. The topological polar surface area (TPSA) is 64.4 Å². The molecule has 2 aromatic rings. The summed E-state index contributed by atoms with van der Waals surface area (Å²) in [5, 5.41) is 2.91. The quantitative estimate of drug-likeness (QED) is 0.698. The van der Waals surface area contributed by atoms with Crippen molar-refractivity contribution in [2.45, 2.75) is 32.4 Å². The first-order valence-corrected chi connectivity index (χ1v) is 9.24. The zero-order valence-corrected chi connectivity index (χ0v) is 15.2. The highest BCUT2D eigenvalue weighted by Crippen LogP contribution is 2.25. The molecule has 1 aromatic carbocycles. The number of aromatic nitrogens is 1. The first-order valence-electron chi connectivity index (χ1n) is 8.09. The average molecular weight is 348 g/mol. The molecule has 0 bridgehead atoms. The van der Waals surface area contributed by atoms with Crippen LogP contribution < -0.4 is 10.1 Å². The number of aryl methyl sites for hydroxylation is 1. The van der Waals surface area contributed by atoms with Crippen molar-refractivity contribution in [3.05, 3.63) is 35.7 Å². The monoisotopic (exact) mass is 348 g/mol. The van der Waals surface area contributed by atoms with Crippen molar-refractivity contribution in [1.29, 1.82) is 0 Å². The van der Waals surface area contributed by atoms with Crippen LogP contribution >= 0.6 is 11.8 Å². The molecule has 1 aromatic heterocycles. The van der Waals surface area contributed by atoms with Crippen molar-refractivity contribution in [3.8, 4) is 17.2 Å². The van der Waals surface area contributed by atoms with Gasteiger partial charge in [0, 0.05) is 17.9 Å². The molecule has 1 amide bonds. The van der Waals surface area contributed by atoms with E-state index in [4.69, 9.17) is 9.15 Å². The van der Waals surface area contributed by atoms with Gasteiger partial charge in [-0.05, 0) is 37.6 Å². The number of methoxy groups -OCH3 is 1. The van der Waals surface area contributed by atoms with Crippen molar-refractivity contribution >= 4 is 17.7 Å². The second kappa shape index (κ2) is 9.37. The van der Waals surface area contributed by atoms with Gasteiger partial charge >= 0.3 is 0 Å². The molecule has 0 aliphatic carbocycles. The highest BCUT2D eigenvalue weighted by Gasteiger charge is 2.12. The number of rotatable bonds is 9.